The molecule has 2 fully saturated rings. The lowest BCUT2D eigenvalue weighted by molar-refractivity contribution is -0.180. The predicted octanol–water partition coefficient (Wildman–Crippen LogP) is 1.24. The second kappa shape index (κ2) is 4.75. The van der Waals surface area contributed by atoms with Crippen molar-refractivity contribution in [3.63, 3.8) is 0 Å². The fourth-order valence-corrected chi connectivity index (χ4v) is 1.78. The van der Waals surface area contributed by atoms with Crippen LogP contribution < -0.4 is 0 Å². The van der Waals surface area contributed by atoms with Gasteiger partial charge in [0, 0.05) is 13.0 Å². The molecule has 4 heteroatoms. The van der Waals surface area contributed by atoms with Crippen LogP contribution in [0.5, 0.6) is 0 Å². The van der Waals surface area contributed by atoms with Crippen LogP contribution in [0.25, 0.3) is 0 Å². The van der Waals surface area contributed by atoms with Gasteiger partial charge in [0.1, 0.15) is 0 Å². The Hall–Kier alpha value is -0.610. The molecular formula is C10H16O4. The van der Waals surface area contributed by atoms with E-state index < -0.39 is 6.10 Å². The van der Waals surface area contributed by atoms with E-state index in [2.05, 4.69) is 0 Å². The third-order valence-electron chi connectivity index (χ3n) is 2.57. The molecule has 0 N–H and O–H groups in total. The number of hydrogen-bond donors (Lipinski definition) is 0. The van der Waals surface area contributed by atoms with Crippen molar-refractivity contribution in [2.45, 2.75) is 44.5 Å². The van der Waals surface area contributed by atoms with Crippen molar-refractivity contribution in [2.24, 2.45) is 0 Å². The summed E-state index contributed by atoms with van der Waals surface area (Å²) in [6, 6.07) is 0. The summed E-state index contributed by atoms with van der Waals surface area (Å²) in [4.78, 5) is 11.4. The van der Waals surface area contributed by atoms with Crippen LogP contribution in [0, 0.1) is 0 Å². The highest BCUT2D eigenvalue weighted by atomic mass is 16.7. The fourth-order valence-electron chi connectivity index (χ4n) is 1.78. The molecule has 0 aromatic heterocycles. The zero-order chi connectivity index (χ0) is 9.80. The van der Waals surface area contributed by atoms with Crippen LogP contribution in [0.1, 0.15) is 32.1 Å². The van der Waals surface area contributed by atoms with E-state index in [1.807, 2.05) is 0 Å². The number of carbonyl (C=O) groups excluding carboxylic acids is 1. The molecule has 0 amide bonds. The Morgan fingerprint density at radius 1 is 1.14 bits per heavy atom. The molecule has 0 aromatic rings. The molecule has 0 saturated carbocycles. The Bertz CT molecular complexity index is 198. The van der Waals surface area contributed by atoms with E-state index in [4.69, 9.17) is 14.2 Å². The molecule has 0 aromatic carbocycles. The van der Waals surface area contributed by atoms with Crippen molar-refractivity contribution < 1.29 is 19.0 Å². The molecule has 80 valence electrons. The van der Waals surface area contributed by atoms with E-state index in [0.29, 0.717) is 6.61 Å². The summed E-state index contributed by atoms with van der Waals surface area (Å²) in [6.45, 7) is 1.27. The summed E-state index contributed by atoms with van der Waals surface area (Å²) in [6.07, 6.45) is 4.01. The molecule has 14 heavy (non-hydrogen) atoms. The molecule has 0 radical (unpaired) electrons. The van der Waals surface area contributed by atoms with Crippen molar-refractivity contribution in [2.75, 3.05) is 13.2 Å². The maximum absolute atomic E-state index is 11.4. The molecule has 0 aliphatic carbocycles. The first-order valence-electron chi connectivity index (χ1n) is 5.30. The Labute approximate surface area is 83.5 Å². The Morgan fingerprint density at radius 2 is 2.07 bits per heavy atom. The third kappa shape index (κ3) is 2.45. The molecule has 0 spiro atoms. The summed E-state index contributed by atoms with van der Waals surface area (Å²) in [7, 11) is 0. The highest BCUT2D eigenvalue weighted by Gasteiger charge is 2.28. The lowest BCUT2D eigenvalue weighted by Crippen LogP contribution is -2.29. The number of cyclic esters (lactones) is 1. The molecule has 2 saturated heterocycles. The van der Waals surface area contributed by atoms with Gasteiger partial charge in [0.2, 0.25) is 0 Å². The zero-order valence-corrected chi connectivity index (χ0v) is 8.24. The number of ether oxygens (including phenoxy) is 3. The van der Waals surface area contributed by atoms with Crippen LogP contribution in [0.2, 0.25) is 0 Å². The lowest BCUT2D eigenvalue weighted by Gasteiger charge is -2.17. The average Bonchev–Trinajstić information content (AvgIpc) is 2.60. The van der Waals surface area contributed by atoms with Crippen LogP contribution in [0.3, 0.4) is 0 Å². The number of hydrogen-bond acceptors (Lipinski definition) is 4. The van der Waals surface area contributed by atoms with Gasteiger partial charge in [-0.15, -0.1) is 0 Å². The highest BCUT2D eigenvalue weighted by Crippen LogP contribution is 2.19. The average molecular weight is 200 g/mol. The van der Waals surface area contributed by atoms with Gasteiger partial charge in [-0.3, -0.25) is 0 Å². The minimum atomic E-state index is -0.402. The van der Waals surface area contributed by atoms with Crippen molar-refractivity contribution >= 4 is 5.97 Å². The number of rotatable bonds is 2. The minimum Gasteiger partial charge on any atom is -0.464 e. The van der Waals surface area contributed by atoms with Gasteiger partial charge in [-0.05, 0) is 25.7 Å². The molecule has 2 rings (SSSR count). The second-order valence-corrected chi connectivity index (χ2v) is 3.73. The van der Waals surface area contributed by atoms with Gasteiger partial charge >= 0.3 is 5.97 Å². The van der Waals surface area contributed by atoms with Crippen LogP contribution in [0.15, 0.2) is 0 Å². The van der Waals surface area contributed by atoms with Gasteiger partial charge in [0.05, 0.1) is 6.61 Å². The Morgan fingerprint density at radius 3 is 2.86 bits per heavy atom. The van der Waals surface area contributed by atoms with Gasteiger partial charge in [0.15, 0.2) is 12.4 Å². The topological polar surface area (TPSA) is 44.8 Å². The molecular weight excluding hydrogens is 184 g/mol. The van der Waals surface area contributed by atoms with Crippen molar-refractivity contribution in [3.05, 3.63) is 0 Å². The SMILES string of the molecule is O=C1OCCCCC1OC1CCCO1. The van der Waals surface area contributed by atoms with Gasteiger partial charge in [-0.25, -0.2) is 4.79 Å². The zero-order valence-electron chi connectivity index (χ0n) is 8.24. The van der Waals surface area contributed by atoms with Gasteiger partial charge < -0.3 is 14.2 Å². The van der Waals surface area contributed by atoms with Crippen molar-refractivity contribution in [3.8, 4) is 0 Å². The van der Waals surface area contributed by atoms with E-state index in [9.17, 15) is 4.79 Å². The molecule has 2 aliphatic rings. The van der Waals surface area contributed by atoms with E-state index in [1.165, 1.54) is 0 Å². The van der Waals surface area contributed by atoms with Gasteiger partial charge in [-0.1, -0.05) is 0 Å². The number of carbonyl (C=O) groups is 1. The minimum absolute atomic E-state index is 0.189. The van der Waals surface area contributed by atoms with Crippen LogP contribution in [0.4, 0.5) is 0 Å². The summed E-state index contributed by atoms with van der Waals surface area (Å²) in [5, 5.41) is 0. The normalized spacial score (nSPS) is 33.9. The monoisotopic (exact) mass is 200 g/mol. The van der Waals surface area contributed by atoms with Crippen molar-refractivity contribution in [1.29, 1.82) is 0 Å². The lowest BCUT2D eigenvalue weighted by atomic mass is 10.2. The molecule has 2 atom stereocenters. The Balaban J connectivity index is 1.84. The van der Waals surface area contributed by atoms with E-state index in [1.54, 1.807) is 0 Å². The summed E-state index contributed by atoms with van der Waals surface area (Å²) < 4.78 is 15.9. The highest BCUT2D eigenvalue weighted by molar-refractivity contribution is 5.74. The predicted molar refractivity (Wildman–Crippen MR) is 48.7 cm³/mol. The first-order chi connectivity index (χ1) is 6.86. The molecule has 0 bridgehead atoms. The smallest absolute Gasteiger partial charge is 0.335 e. The van der Waals surface area contributed by atoms with Gasteiger partial charge in [0.25, 0.3) is 0 Å². The largest absolute Gasteiger partial charge is 0.464 e. The van der Waals surface area contributed by atoms with Crippen LogP contribution in [-0.4, -0.2) is 31.6 Å². The second-order valence-electron chi connectivity index (χ2n) is 3.73. The number of esters is 1. The van der Waals surface area contributed by atoms with E-state index in [0.717, 1.165) is 38.7 Å². The quantitative estimate of drug-likeness (QED) is 0.629. The maximum Gasteiger partial charge on any atom is 0.335 e. The Kier molecular flexibility index (Phi) is 3.37. The van der Waals surface area contributed by atoms with Crippen molar-refractivity contribution in [1.82, 2.24) is 0 Å². The van der Waals surface area contributed by atoms with E-state index >= 15 is 0 Å². The first-order valence-corrected chi connectivity index (χ1v) is 5.30. The fraction of sp³-hybridized carbons (Fsp3) is 0.900. The van der Waals surface area contributed by atoms with Crippen LogP contribution >= 0.6 is 0 Å². The molecule has 2 aliphatic heterocycles. The summed E-state index contributed by atoms with van der Waals surface area (Å²) in [5.41, 5.74) is 0. The maximum atomic E-state index is 11.4. The third-order valence-corrected chi connectivity index (χ3v) is 2.57. The molecule has 2 unspecified atom stereocenters. The standard InChI is InChI=1S/C10H16O4/c11-10-8(4-1-2-6-13-10)14-9-5-3-7-12-9/h8-9H,1-7H2. The van der Waals surface area contributed by atoms with Crippen LogP contribution in [-0.2, 0) is 19.0 Å². The molecule has 2 heterocycles. The summed E-state index contributed by atoms with van der Waals surface area (Å²) in [5.74, 6) is -0.224. The molecule has 4 nitrogen and oxygen atoms in total. The van der Waals surface area contributed by atoms with Gasteiger partial charge in [-0.2, -0.15) is 0 Å². The van der Waals surface area contributed by atoms with E-state index in [-0.39, 0.29) is 12.3 Å². The first kappa shape index (κ1) is 9.93. The summed E-state index contributed by atoms with van der Waals surface area (Å²) >= 11 is 0.